The van der Waals surface area contributed by atoms with E-state index in [9.17, 15) is 0 Å². The third kappa shape index (κ3) is 4.88. The number of allylic oxidation sites excluding steroid dienone is 8. The topological polar surface area (TPSA) is 0 Å². The van der Waals surface area contributed by atoms with Crippen LogP contribution in [0.15, 0.2) is 96.1 Å². The van der Waals surface area contributed by atoms with Gasteiger partial charge in [0.05, 0.1) is 0 Å². The monoisotopic (exact) mass is 571 g/mol. The molecule has 2 aliphatic carbocycles. The van der Waals surface area contributed by atoms with E-state index in [0.717, 1.165) is 0 Å². The van der Waals surface area contributed by atoms with Crippen LogP contribution in [0.1, 0.15) is 52.7 Å². The molecule has 0 heterocycles. The molecule has 2 aliphatic rings. The van der Waals surface area contributed by atoms with Crippen LogP contribution in [0.3, 0.4) is 0 Å². The Balaban J connectivity index is 1.96. The van der Waals surface area contributed by atoms with Crippen molar-refractivity contribution in [2.45, 2.75) is 63.1 Å². The van der Waals surface area contributed by atoms with Gasteiger partial charge < -0.3 is 0 Å². The second kappa shape index (κ2) is 9.58. The standard InChI is InChI=1S/2C15H17.C2H7Si.2ClH.Ti/c2*1-15(2,3)14-10-9-13(11-14)12-7-5-4-6-8-12;1-3-2;;;/h2*4-11H,1-3H3;3H,1-2H3;2*1H;/q;;;;;+2/p-2. The van der Waals surface area contributed by atoms with Gasteiger partial charge in [0, 0.05) is 0 Å². The van der Waals surface area contributed by atoms with Gasteiger partial charge in [0.1, 0.15) is 0 Å². The molecule has 2 unspecified atom stereocenters. The van der Waals surface area contributed by atoms with Gasteiger partial charge in [-0.3, -0.25) is 0 Å². The van der Waals surface area contributed by atoms with E-state index in [2.05, 4.69) is 140 Å². The van der Waals surface area contributed by atoms with E-state index < -0.39 is 19.1 Å². The molecule has 0 N–H and O–H groups in total. The van der Waals surface area contributed by atoms with Gasteiger partial charge in [-0.15, -0.1) is 0 Å². The van der Waals surface area contributed by atoms with Gasteiger partial charge in [-0.1, -0.05) is 0 Å². The first-order chi connectivity index (χ1) is 16.6. The number of hydrogen-bond donors (Lipinski definition) is 0. The molecular formula is C32H41Cl2SiTi. The van der Waals surface area contributed by atoms with Crippen molar-refractivity contribution in [2.75, 3.05) is 0 Å². The van der Waals surface area contributed by atoms with Crippen LogP contribution in [-0.4, -0.2) is 6.66 Å². The van der Waals surface area contributed by atoms with Gasteiger partial charge in [-0.2, -0.15) is 0 Å². The van der Waals surface area contributed by atoms with Crippen molar-refractivity contribution in [2.24, 2.45) is 10.8 Å². The van der Waals surface area contributed by atoms with E-state index >= 15 is 0 Å². The molecule has 0 spiro atoms. The molecule has 0 radical (unpaired) electrons. The van der Waals surface area contributed by atoms with Gasteiger partial charge in [-0.25, -0.2) is 0 Å². The molecule has 0 aliphatic heterocycles. The summed E-state index contributed by atoms with van der Waals surface area (Å²) in [6.45, 7) is 17.2. The van der Waals surface area contributed by atoms with Crippen molar-refractivity contribution in [1.29, 1.82) is 0 Å². The molecule has 0 bridgehead atoms. The number of rotatable bonds is 5. The Labute approximate surface area is 228 Å². The molecule has 4 rings (SSSR count). The van der Waals surface area contributed by atoms with Crippen molar-refractivity contribution < 1.29 is 12.4 Å². The van der Waals surface area contributed by atoms with E-state index in [-0.39, 0.29) is 19.3 Å². The van der Waals surface area contributed by atoms with E-state index in [4.69, 9.17) is 18.6 Å². The summed E-state index contributed by atoms with van der Waals surface area (Å²) in [7, 11) is 16.6. The molecule has 36 heavy (non-hydrogen) atoms. The third-order valence-corrected chi connectivity index (χ3v) is 43.6. The minimum absolute atomic E-state index is 0.0223. The molecule has 2 atom stereocenters. The maximum absolute atomic E-state index is 8.30. The maximum atomic E-state index is 8.30. The second-order valence-electron chi connectivity index (χ2n) is 13.0. The van der Waals surface area contributed by atoms with Crippen LogP contribution in [0.4, 0.5) is 0 Å². The normalized spacial score (nSPS) is 22.0. The average Bonchev–Trinajstić information content (AvgIpc) is 3.47. The Kier molecular flexibility index (Phi) is 7.44. The molecular weight excluding hydrogens is 531 g/mol. The summed E-state index contributed by atoms with van der Waals surface area (Å²) in [5, 5.41) is 0. The molecule has 2 aromatic carbocycles. The molecule has 0 aromatic heterocycles. The van der Waals surface area contributed by atoms with Crippen LogP contribution >= 0.6 is 18.6 Å². The summed E-state index contributed by atoms with van der Waals surface area (Å²) in [6, 6.07) is 21.4. The Bertz CT molecular complexity index is 1160. The van der Waals surface area contributed by atoms with Crippen LogP contribution in [-0.2, 0) is 12.4 Å². The third-order valence-electron chi connectivity index (χ3n) is 8.22. The summed E-state index contributed by atoms with van der Waals surface area (Å²) < 4.78 is 0.212. The first-order valence-corrected chi connectivity index (χ1v) is 24.9. The van der Waals surface area contributed by atoms with Crippen molar-refractivity contribution in [1.82, 2.24) is 0 Å². The van der Waals surface area contributed by atoms with Crippen LogP contribution in [0.5, 0.6) is 0 Å². The fourth-order valence-corrected chi connectivity index (χ4v) is 25.0. The van der Waals surface area contributed by atoms with Gasteiger partial charge in [0.2, 0.25) is 0 Å². The average molecular weight is 573 g/mol. The molecule has 191 valence electrons. The molecule has 0 fully saturated rings. The Morgan fingerprint density at radius 1 is 0.611 bits per heavy atom. The summed E-state index contributed by atoms with van der Waals surface area (Å²) in [4.78, 5) is 0. The summed E-state index contributed by atoms with van der Waals surface area (Å²) in [6.07, 6.45) is 9.71. The number of benzene rings is 2. The van der Waals surface area contributed by atoms with E-state index in [1.165, 1.54) is 33.4 Å². The number of halogens is 2. The number of hydrogen-bond acceptors (Lipinski definition) is 0. The fraction of sp³-hybridized carbons (Fsp3) is 0.375. The molecule has 4 heteroatoms. The van der Waals surface area contributed by atoms with Crippen molar-refractivity contribution in [3.63, 3.8) is 0 Å². The van der Waals surface area contributed by atoms with Gasteiger partial charge in [0.15, 0.2) is 0 Å². The Morgan fingerprint density at radius 3 is 1.22 bits per heavy atom. The Morgan fingerprint density at radius 2 is 0.944 bits per heavy atom. The van der Waals surface area contributed by atoms with Gasteiger partial charge >= 0.3 is 230 Å². The van der Waals surface area contributed by atoms with Crippen molar-refractivity contribution in [3.05, 3.63) is 107 Å². The fourth-order valence-electron chi connectivity index (χ4n) is 5.96. The predicted molar refractivity (Wildman–Crippen MR) is 162 cm³/mol. The summed E-state index contributed by atoms with van der Waals surface area (Å²) in [5.41, 5.74) is 7.78. The molecule has 0 saturated heterocycles. The predicted octanol–water partition coefficient (Wildman–Crippen LogP) is 10.7. The summed E-state index contributed by atoms with van der Waals surface area (Å²) >= 11 is -4.32. The van der Waals surface area contributed by atoms with Gasteiger partial charge in [-0.05, 0) is 0 Å². The molecule has 0 saturated carbocycles. The first kappa shape index (κ1) is 27.9. The van der Waals surface area contributed by atoms with Crippen molar-refractivity contribution >= 4 is 36.4 Å². The van der Waals surface area contributed by atoms with Crippen LogP contribution < -0.4 is 0 Å². The van der Waals surface area contributed by atoms with E-state index in [1.807, 2.05) is 0 Å². The van der Waals surface area contributed by atoms with Crippen LogP contribution in [0.25, 0.3) is 11.1 Å². The summed E-state index contributed by atoms with van der Waals surface area (Å²) in [5.74, 6) is 0. The zero-order valence-corrected chi connectivity index (χ0v) is 27.3. The van der Waals surface area contributed by atoms with Crippen LogP contribution in [0.2, 0.25) is 21.5 Å². The van der Waals surface area contributed by atoms with Crippen molar-refractivity contribution in [3.8, 4) is 0 Å². The quantitative estimate of drug-likeness (QED) is 0.313. The van der Waals surface area contributed by atoms with Crippen LogP contribution in [0, 0.1) is 10.8 Å². The molecule has 2 aromatic rings. The molecule has 0 amide bonds. The first-order valence-electron chi connectivity index (χ1n) is 13.2. The second-order valence-corrected chi connectivity index (χ2v) is 42.4. The van der Waals surface area contributed by atoms with E-state index in [0.29, 0.717) is 0 Å². The van der Waals surface area contributed by atoms with E-state index in [1.54, 1.807) is 0 Å². The zero-order valence-electron chi connectivity index (χ0n) is 23.1. The molecule has 0 nitrogen and oxygen atoms in total. The zero-order chi connectivity index (χ0) is 26.5. The Hall–Kier alpha value is -1.09. The minimum atomic E-state index is -4.32. The van der Waals surface area contributed by atoms with Gasteiger partial charge in [0.25, 0.3) is 0 Å². The SMILES string of the molecule is C[SiH](C)[Ti]([Cl])([Cl])([CH]1C=C(c2ccccc2)C=C1C(C)(C)C)[CH]1C=C(c2ccccc2)C=C1C(C)(C)C.